The molecule has 0 radical (unpaired) electrons. The van der Waals surface area contributed by atoms with Gasteiger partial charge in [-0.15, -0.1) is 6.58 Å². The SMILES string of the molecule is C=CCC(=O)OCC(C)(C)OC(C)C(C)=CC(C)C. The molecule has 3 heteroatoms. The molecular weight excluding hydrogens is 240 g/mol. The minimum atomic E-state index is -0.498. The average molecular weight is 268 g/mol. The summed E-state index contributed by atoms with van der Waals surface area (Å²) in [6.45, 7) is 16.0. The highest BCUT2D eigenvalue weighted by molar-refractivity contribution is 5.71. The van der Waals surface area contributed by atoms with Crippen molar-refractivity contribution in [1.29, 1.82) is 0 Å². The van der Waals surface area contributed by atoms with Crippen molar-refractivity contribution in [1.82, 2.24) is 0 Å². The van der Waals surface area contributed by atoms with E-state index < -0.39 is 5.60 Å². The molecule has 0 saturated heterocycles. The standard InChI is InChI=1S/C16H28O3/c1-8-9-15(17)18-11-16(6,7)19-14(5)13(4)10-12(2)3/h8,10,12,14H,1,9,11H2,2-7H3. The van der Waals surface area contributed by atoms with Crippen LogP contribution in [0.5, 0.6) is 0 Å². The van der Waals surface area contributed by atoms with Crippen LogP contribution in [0.1, 0.15) is 48.0 Å². The molecule has 19 heavy (non-hydrogen) atoms. The molecule has 0 bridgehead atoms. The van der Waals surface area contributed by atoms with Crippen LogP contribution in [0.3, 0.4) is 0 Å². The van der Waals surface area contributed by atoms with Crippen LogP contribution >= 0.6 is 0 Å². The predicted octanol–water partition coefficient (Wildman–Crippen LogP) is 3.89. The van der Waals surface area contributed by atoms with Crippen LogP contribution < -0.4 is 0 Å². The molecule has 0 amide bonds. The third-order valence-corrected chi connectivity index (χ3v) is 2.63. The van der Waals surface area contributed by atoms with Gasteiger partial charge in [0.05, 0.1) is 18.1 Å². The lowest BCUT2D eigenvalue weighted by molar-refractivity contribution is -0.154. The highest BCUT2D eigenvalue weighted by Crippen LogP contribution is 2.18. The summed E-state index contributed by atoms with van der Waals surface area (Å²) in [5, 5.41) is 0. The van der Waals surface area contributed by atoms with Gasteiger partial charge >= 0.3 is 5.97 Å². The largest absolute Gasteiger partial charge is 0.462 e. The molecule has 1 atom stereocenters. The molecule has 110 valence electrons. The predicted molar refractivity (Wildman–Crippen MR) is 79.0 cm³/mol. The molecule has 0 aromatic carbocycles. The van der Waals surface area contributed by atoms with Crippen LogP contribution in [0.4, 0.5) is 0 Å². The first-order valence-electron chi connectivity index (χ1n) is 6.80. The Labute approximate surface area is 117 Å². The molecule has 3 nitrogen and oxygen atoms in total. The van der Waals surface area contributed by atoms with E-state index in [9.17, 15) is 4.79 Å². The fourth-order valence-electron chi connectivity index (χ4n) is 1.70. The molecule has 1 unspecified atom stereocenters. The molecule has 0 saturated carbocycles. The number of ether oxygens (including phenoxy) is 2. The second kappa shape index (κ2) is 8.16. The van der Waals surface area contributed by atoms with E-state index in [-0.39, 0.29) is 25.1 Å². The van der Waals surface area contributed by atoms with E-state index in [4.69, 9.17) is 9.47 Å². The number of rotatable bonds is 8. The summed E-state index contributed by atoms with van der Waals surface area (Å²) < 4.78 is 11.1. The van der Waals surface area contributed by atoms with Crippen molar-refractivity contribution in [2.45, 2.75) is 59.7 Å². The van der Waals surface area contributed by atoms with Crippen molar-refractivity contribution in [2.75, 3.05) is 6.61 Å². The van der Waals surface area contributed by atoms with Crippen LogP contribution in [0.2, 0.25) is 0 Å². The van der Waals surface area contributed by atoms with Crippen LogP contribution in [0.25, 0.3) is 0 Å². The Morgan fingerprint density at radius 2 is 1.89 bits per heavy atom. The second-order valence-corrected chi connectivity index (χ2v) is 5.83. The van der Waals surface area contributed by atoms with E-state index in [1.54, 1.807) is 0 Å². The molecule has 0 rings (SSSR count). The zero-order chi connectivity index (χ0) is 15.1. The van der Waals surface area contributed by atoms with Gasteiger partial charge in [0.2, 0.25) is 0 Å². The van der Waals surface area contributed by atoms with Gasteiger partial charge in [-0.25, -0.2) is 0 Å². The zero-order valence-corrected chi connectivity index (χ0v) is 13.2. The summed E-state index contributed by atoms with van der Waals surface area (Å²) in [7, 11) is 0. The van der Waals surface area contributed by atoms with E-state index in [1.807, 2.05) is 20.8 Å². The number of carbonyl (C=O) groups is 1. The lowest BCUT2D eigenvalue weighted by Gasteiger charge is -2.29. The number of carbonyl (C=O) groups excluding carboxylic acids is 1. The van der Waals surface area contributed by atoms with Crippen molar-refractivity contribution >= 4 is 5.97 Å². The lowest BCUT2D eigenvalue weighted by Crippen LogP contribution is -2.35. The Bertz CT molecular complexity index is 327. The van der Waals surface area contributed by atoms with Gasteiger partial charge in [-0.2, -0.15) is 0 Å². The first-order valence-corrected chi connectivity index (χ1v) is 6.80. The van der Waals surface area contributed by atoms with E-state index in [2.05, 4.69) is 33.4 Å². The molecule has 0 aliphatic rings. The molecule has 0 spiro atoms. The minimum absolute atomic E-state index is 0.00973. The van der Waals surface area contributed by atoms with Gasteiger partial charge in [-0.05, 0) is 39.2 Å². The third-order valence-electron chi connectivity index (χ3n) is 2.63. The smallest absolute Gasteiger partial charge is 0.309 e. The Kier molecular flexibility index (Phi) is 7.69. The van der Waals surface area contributed by atoms with Gasteiger partial charge < -0.3 is 9.47 Å². The Hall–Kier alpha value is -1.09. The topological polar surface area (TPSA) is 35.5 Å². The molecule has 0 aliphatic carbocycles. The highest BCUT2D eigenvalue weighted by atomic mass is 16.6. The third kappa shape index (κ3) is 8.60. The summed E-state index contributed by atoms with van der Waals surface area (Å²) in [6, 6.07) is 0. The summed E-state index contributed by atoms with van der Waals surface area (Å²) in [6.07, 6.45) is 3.96. The van der Waals surface area contributed by atoms with Gasteiger partial charge in [0.1, 0.15) is 6.61 Å². The van der Waals surface area contributed by atoms with E-state index in [0.717, 1.165) is 0 Å². The van der Waals surface area contributed by atoms with Gasteiger partial charge in [-0.3, -0.25) is 4.79 Å². The van der Waals surface area contributed by atoms with Crippen molar-refractivity contribution in [3.63, 3.8) is 0 Å². The minimum Gasteiger partial charge on any atom is -0.462 e. The maximum atomic E-state index is 11.3. The van der Waals surface area contributed by atoms with Crippen LogP contribution in [0, 0.1) is 5.92 Å². The van der Waals surface area contributed by atoms with Gasteiger partial charge in [0.25, 0.3) is 0 Å². The van der Waals surface area contributed by atoms with Crippen molar-refractivity contribution < 1.29 is 14.3 Å². The summed E-state index contributed by atoms with van der Waals surface area (Å²) in [5.74, 6) is 0.230. The van der Waals surface area contributed by atoms with Crippen molar-refractivity contribution in [3.8, 4) is 0 Å². The molecule has 0 heterocycles. The zero-order valence-electron chi connectivity index (χ0n) is 13.2. The number of hydrogen-bond donors (Lipinski definition) is 0. The molecule has 0 aromatic rings. The maximum Gasteiger partial charge on any atom is 0.309 e. The van der Waals surface area contributed by atoms with Gasteiger partial charge in [0.15, 0.2) is 0 Å². The molecular formula is C16H28O3. The Morgan fingerprint density at radius 1 is 1.32 bits per heavy atom. The number of allylic oxidation sites excluding steroid dienone is 1. The van der Waals surface area contributed by atoms with Gasteiger partial charge in [0, 0.05) is 0 Å². The fourth-order valence-corrected chi connectivity index (χ4v) is 1.70. The monoisotopic (exact) mass is 268 g/mol. The highest BCUT2D eigenvalue weighted by Gasteiger charge is 2.24. The summed E-state index contributed by atoms with van der Waals surface area (Å²) in [5.41, 5.74) is 0.697. The Morgan fingerprint density at radius 3 is 2.37 bits per heavy atom. The van der Waals surface area contributed by atoms with E-state index in [1.165, 1.54) is 11.6 Å². The second-order valence-electron chi connectivity index (χ2n) is 5.83. The molecule has 0 aliphatic heterocycles. The average Bonchev–Trinajstić information content (AvgIpc) is 2.25. The Balaban J connectivity index is 4.35. The first-order chi connectivity index (χ1) is 8.68. The van der Waals surface area contributed by atoms with E-state index >= 15 is 0 Å². The van der Waals surface area contributed by atoms with Crippen molar-refractivity contribution in [3.05, 3.63) is 24.3 Å². The molecule has 0 N–H and O–H groups in total. The van der Waals surface area contributed by atoms with Crippen LogP contribution in [-0.2, 0) is 14.3 Å². The fraction of sp³-hybridized carbons (Fsp3) is 0.688. The van der Waals surface area contributed by atoms with Crippen LogP contribution in [0.15, 0.2) is 24.3 Å². The lowest BCUT2D eigenvalue weighted by atomic mass is 10.1. The number of hydrogen-bond acceptors (Lipinski definition) is 3. The number of esters is 1. The van der Waals surface area contributed by atoms with Gasteiger partial charge in [-0.1, -0.05) is 26.0 Å². The van der Waals surface area contributed by atoms with Crippen LogP contribution in [-0.4, -0.2) is 24.3 Å². The molecule has 0 aromatic heterocycles. The maximum absolute atomic E-state index is 11.3. The quantitative estimate of drug-likeness (QED) is 0.495. The summed E-state index contributed by atoms with van der Waals surface area (Å²) >= 11 is 0. The van der Waals surface area contributed by atoms with E-state index in [0.29, 0.717) is 5.92 Å². The van der Waals surface area contributed by atoms with Crippen molar-refractivity contribution in [2.24, 2.45) is 5.92 Å². The molecule has 0 fully saturated rings. The summed E-state index contributed by atoms with van der Waals surface area (Å²) in [4.78, 5) is 11.3. The first kappa shape index (κ1) is 17.9. The normalized spacial score (nSPS) is 14.4.